The molecule has 1 rings (SSSR count). The van der Waals surface area contributed by atoms with E-state index in [0.717, 1.165) is 11.8 Å². The first-order chi connectivity index (χ1) is 4.43. The van der Waals surface area contributed by atoms with Gasteiger partial charge >= 0.3 is 0 Å². The molecule has 9 heavy (non-hydrogen) atoms. The van der Waals surface area contributed by atoms with E-state index in [2.05, 4.69) is 20.7 Å². The predicted octanol–water partition coefficient (Wildman–Crippen LogP) is 1.36. The number of hydrogen-bond acceptors (Lipinski definition) is 6. The monoisotopic (exact) mass is 141 g/mol. The molecule has 0 spiro atoms. The van der Waals surface area contributed by atoms with E-state index in [0.29, 0.717) is 5.75 Å². The number of thioether (sulfide) groups is 1. The maximum absolute atomic E-state index is 8.09. The van der Waals surface area contributed by atoms with Gasteiger partial charge in [-0.3, -0.25) is 0 Å². The normalized spacial score (nSPS) is 16.3. The van der Waals surface area contributed by atoms with Gasteiger partial charge in [-0.2, -0.15) is 5.26 Å². The fraction of sp³-hybridized carbons (Fsp3) is 0.667. The number of nitriles is 1. The first kappa shape index (κ1) is 6.16. The maximum Gasteiger partial charge on any atom is 0.195 e. The van der Waals surface area contributed by atoms with Gasteiger partial charge in [-0.1, -0.05) is 0 Å². The van der Waals surface area contributed by atoms with E-state index in [1.807, 2.05) is 5.40 Å². The lowest BCUT2D eigenvalue weighted by atomic mass is 10.6. The summed E-state index contributed by atoms with van der Waals surface area (Å²) in [4.78, 5) is 0. The third-order valence-electron chi connectivity index (χ3n) is 0.707. The summed E-state index contributed by atoms with van der Waals surface area (Å²) in [6.07, 6.45) is -0.227. The molecule has 0 fully saturated rings. The van der Waals surface area contributed by atoms with Crippen molar-refractivity contribution in [3.63, 3.8) is 0 Å². The van der Waals surface area contributed by atoms with Crippen LogP contribution in [0.15, 0.2) is 20.7 Å². The van der Waals surface area contributed by atoms with Crippen LogP contribution in [0.4, 0.5) is 0 Å². The fourth-order valence-corrected chi connectivity index (χ4v) is 0.724. The zero-order chi connectivity index (χ0) is 6.53. The van der Waals surface area contributed by atoms with Crippen molar-refractivity contribution in [2.45, 2.75) is 6.17 Å². The summed E-state index contributed by atoms with van der Waals surface area (Å²) in [5, 5.41) is 23.7. The average Bonchev–Trinajstić information content (AvgIpc) is 2.34. The first-order valence-electron chi connectivity index (χ1n) is 2.24. The first-order valence-corrected chi connectivity index (χ1v) is 3.23. The summed E-state index contributed by atoms with van der Waals surface area (Å²) < 4.78 is 0. The molecule has 0 aromatic carbocycles. The summed E-state index contributed by atoms with van der Waals surface area (Å²) in [5.74, 6) is 0.545. The van der Waals surface area contributed by atoms with E-state index < -0.39 is 0 Å². The molecule has 0 unspecified atom stereocenters. The van der Waals surface area contributed by atoms with Gasteiger partial charge < -0.3 is 0 Å². The molecule has 0 saturated heterocycles. The molecule has 1 aliphatic rings. The summed E-state index contributed by atoms with van der Waals surface area (Å²) in [5.41, 5.74) is 0. The van der Waals surface area contributed by atoms with Gasteiger partial charge in [0.15, 0.2) is 6.17 Å². The van der Waals surface area contributed by atoms with Crippen molar-refractivity contribution in [3.05, 3.63) is 0 Å². The Bertz CT molecular complexity index is 167. The predicted molar refractivity (Wildman–Crippen MR) is 31.6 cm³/mol. The second kappa shape index (κ2) is 3.14. The third kappa shape index (κ3) is 1.77. The van der Waals surface area contributed by atoms with E-state index in [1.54, 1.807) is 0 Å². The minimum Gasteiger partial charge on any atom is -0.185 e. The third-order valence-corrected chi connectivity index (χ3v) is 1.30. The molecule has 0 radical (unpaired) electrons. The minimum absolute atomic E-state index is 0.227. The smallest absolute Gasteiger partial charge is 0.185 e. The van der Waals surface area contributed by atoms with Crippen LogP contribution >= 0.6 is 11.8 Å². The van der Waals surface area contributed by atoms with Gasteiger partial charge in [0.25, 0.3) is 0 Å². The zero-order valence-electron chi connectivity index (χ0n) is 4.43. The average molecular weight is 141 g/mol. The van der Waals surface area contributed by atoms with Crippen molar-refractivity contribution in [3.8, 4) is 5.40 Å². The van der Waals surface area contributed by atoms with E-state index in [-0.39, 0.29) is 6.17 Å². The van der Waals surface area contributed by atoms with Crippen LogP contribution in [0, 0.1) is 10.7 Å². The van der Waals surface area contributed by atoms with Crippen molar-refractivity contribution >= 4 is 11.8 Å². The Morgan fingerprint density at radius 1 is 1.44 bits per heavy atom. The van der Waals surface area contributed by atoms with Gasteiger partial charge in [0.1, 0.15) is 5.40 Å². The summed E-state index contributed by atoms with van der Waals surface area (Å²) in [6.45, 7) is 0. The Morgan fingerprint density at radius 2 is 2.11 bits per heavy atom. The highest BCUT2D eigenvalue weighted by atomic mass is 32.2. The number of thiocyanates is 1. The molecular weight excluding hydrogens is 138 g/mol. The molecule has 1 heterocycles. The van der Waals surface area contributed by atoms with Crippen LogP contribution in [-0.4, -0.2) is 11.9 Å². The molecule has 46 valence electrons. The van der Waals surface area contributed by atoms with Gasteiger partial charge in [-0.05, 0) is 22.2 Å². The van der Waals surface area contributed by atoms with Crippen LogP contribution in [0.25, 0.3) is 0 Å². The largest absolute Gasteiger partial charge is 0.195 e. The molecule has 0 aromatic heterocycles. The van der Waals surface area contributed by atoms with Crippen molar-refractivity contribution in [1.82, 2.24) is 0 Å². The molecule has 0 atom stereocenters. The number of hydrogen-bond donors (Lipinski definition) is 0. The highest BCUT2D eigenvalue weighted by Gasteiger charge is 2.07. The molecule has 0 N–H and O–H groups in total. The Labute approximate surface area is 55.8 Å². The summed E-state index contributed by atoms with van der Waals surface area (Å²) in [7, 11) is 0. The van der Waals surface area contributed by atoms with E-state index >= 15 is 0 Å². The fourth-order valence-electron chi connectivity index (χ4n) is 0.367. The molecule has 0 aromatic rings. The summed E-state index contributed by atoms with van der Waals surface area (Å²) >= 11 is 1.10. The maximum atomic E-state index is 8.09. The summed E-state index contributed by atoms with van der Waals surface area (Å²) in [6, 6.07) is 0. The second-order valence-corrected chi connectivity index (χ2v) is 2.10. The van der Waals surface area contributed by atoms with Crippen LogP contribution in [0.3, 0.4) is 0 Å². The van der Waals surface area contributed by atoms with Gasteiger partial charge in [-0.15, -0.1) is 10.2 Å². The molecule has 5 nitrogen and oxygen atoms in total. The Balaban J connectivity index is 2.23. The molecule has 0 amide bonds. The number of rotatable bonds is 2. The lowest BCUT2D eigenvalue weighted by Gasteiger charge is -1.90. The van der Waals surface area contributed by atoms with Gasteiger partial charge in [0.05, 0.1) is 5.75 Å². The van der Waals surface area contributed by atoms with E-state index in [4.69, 9.17) is 5.26 Å². The van der Waals surface area contributed by atoms with Crippen molar-refractivity contribution < 1.29 is 0 Å². The molecule has 0 aliphatic carbocycles. The molecular formula is C3H3N5S. The van der Waals surface area contributed by atoms with Crippen LogP contribution in [0.1, 0.15) is 0 Å². The number of nitrogens with zero attached hydrogens (tertiary/aromatic N) is 5. The van der Waals surface area contributed by atoms with Gasteiger partial charge in [-0.25, -0.2) is 0 Å². The lowest BCUT2D eigenvalue weighted by Crippen LogP contribution is -1.98. The van der Waals surface area contributed by atoms with E-state index in [9.17, 15) is 0 Å². The van der Waals surface area contributed by atoms with E-state index in [1.165, 1.54) is 0 Å². The van der Waals surface area contributed by atoms with Crippen LogP contribution in [0.5, 0.6) is 0 Å². The molecule has 0 saturated carbocycles. The van der Waals surface area contributed by atoms with Crippen LogP contribution in [-0.2, 0) is 0 Å². The Hall–Kier alpha value is -0.960. The highest BCUT2D eigenvalue weighted by molar-refractivity contribution is 8.03. The van der Waals surface area contributed by atoms with Crippen LogP contribution in [0.2, 0.25) is 0 Å². The minimum atomic E-state index is -0.227. The lowest BCUT2D eigenvalue weighted by molar-refractivity contribution is 0.794. The van der Waals surface area contributed by atoms with Gasteiger partial charge in [0, 0.05) is 0 Å². The Morgan fingerprint density at radius 3 is 2.67 bits per heavy atom. The molecule has 6 heteroatoms. The van der Waals surface area contributed by atoms with Crippen LogP contribution < -0.4 is 0 Å². The van der Waals surface area contributed by atoms with Gasteiger partial charge in [0.2, 0.25) is 0 Å². The van der Waals surface area contributed by atoms with Crippen molar-refractivity contribution in [2.75, 3.05) is 5.75 Å². The quantitative estimate of drug-likeness (QED) is 0.544. The zero-order valence-corrected chi connectivity index (χ0v) is 5.25. The van der Waals surface area contributed by atoms with Crippen molar-refractivity contribution in [2.24, 2.45) is 20.7 Å². The topological polar surface area (TPSA) is 73.2 Å². The second-order valence-electron chi connectivity index (χ2n) is 1.29. The Kier molecular flexibility index (Phi) is 2.15. The SMILES string of the molecule is N#CSCC1N=NN=N1. The van der Waals surface area contributed by atoms with Crippen molar-refractivity contribution in [1.29, 1.82) is 5.26 Å². The highest BCUT2D eigenvalue weighted by Crippen LogP contribution is 2.10. The molecule has 0 bridgehead atoms. The molecule has 1 aliphatic heterocycles. The standard InChI is InChI=1S/C3H3N5S/c4-2-9-1-3-5-7-8-6-3/h3H,1H2.